The Morgan fingerprint density at radius 1 is 0.900 bits per heavy atom. The Balaban J connectivity index is 1.68. The molecule has 2 N–H and O–H groups in total. The molecular weight excluding hydrogens is 404 g/mol. The van der Waals surface area contributed by atoms with Crippen molar-refractivity contribution in [1.29, 1.82) is 0 Å². The number of hydrogen-bond acceptors (Lipinski definition) is 4. The zero-order chi connectivity index (χ0) is 21.7. The van der Waals surface area contributed by atoms with Gasteiger partial charge in [-0.05, 0) is 38.1 Å². The minimum absolute atomic E-state index is 0.0347. The van der Waals surface area contributed by atoms with Gasteiger partial charge in [-0.2, -0.15) is 4.31 Å². The van der Waals surface area contributed by atoms with Crippen LogP contribution >= 0.6 is 0 Å². The van der Waals surface area contributed by atoms with Crippen molar-refractivity contribution in [3.05, 3.63) is 60.2 Å². The van der Waals surface area contributed by atoms with Crippen molar-refractivity contribution in [2.45, 2.75) is 24.8 Å². The largest absolute Gasteiger partial charge is 0.336 e. The van der Waals surface area contributed by atoms with E-state index in [0.29, 0.717) is 11.3 Å². The molecule has 1 aliphatic rings. The van der Waals surface area contributed by atoms with Gasteiger partial charge in [-0.25, -0.2) is 13.2 Å². The van der Waals surface area contributed by atoms with Crippen LogP contribution in [0.2, 0.25) is 0 Å². The minimum atomic E-state index is -3.58. The minimum Gasteiger partial charge on any atom is -0.336 e. The fourth-order valence-electron chi connectivity index (χ4n) is 3.24. The molecule has 8 nitrogen and oxygen atoms in total. The molecule has 0 unspecified atom stereocenters. The van der Waals surface area contributed by atoms with E-state index >= 15 is 0 Å². The Morgan fingerprint density at radius 2 is 1.50 bits per heavy atom. The number of nitrogens with one attached hydrogen (secondary N) is 2. The molecule has 160 valence electrons. The Hall–Kier alpha value is -2.91. The van der Waals surface area contributed by atoms with Crippen LogP contribution in [0.5, 0.6) is 0 Å². The highest BCUT2D eigenvalue weighted by molar-refractivity contribution is 7.89. The van der Waals surface area contributed by atoms with Crippen molar-refractivity contribution < 1.29 is 18.0 Å². The highest BCUT2D eigenvalue weighted by Gasteiger charge is 2.31. The predicted molar refractivity (Wildman–Crippen MR) is 115 cm³/mol. The fourth-order valence-corrected chi connectivity index (χ4v) is 4.69. The highest BCUT2D eigenvalue weighted by Crippen LogP contribution is 2.21. The number of amides is 3. The summed E-state index contributed by atoms with van der Waals surface area (Å²) in [5, 5.41) is 5.44. The Kier molecular flexibility index (Phi) is 6.73. The molecule has 0 spiro atoms. The second-order valence-corrected chi connectivity index (χ2v) is 9.25. The summed E-state index contributed by atoms with van der Waals surface area (Å²) < 4.78 is 26.9. The number of piperazine rings is 1. The molecule has 3 amide bonds. The summed E-state index contributed by atoms with van der Waals surface area (Å²) in [6.07, 6.45) is 0. The van der Waals surface area contributed by atoms with Gasteiger partial charge in [-0.1, -0.05) is 30.3 Å². The molecule has 1 aliphatic heterocycles. The second-order valence-electron chi connectivity index (χ2n) is 7.31. The number of hydrogen-bond donors (Lipinski definition) is 2. The van der Waals surface area contributed by atoms with E-state index in [9.17, 15) is 18.0 Å². The lowest BCUT2D eigenvalue weighted by Crippen LogP contribution is -2.50. The smallest absolute Gasteiger partial charge is 0.319 e. The van der Waals surface area contributed by atoms with E-state index in [1.54, 1.807) is 59.5 Å². The SMILES string of the molecule is CC(C)NC(=O)Nc1ccccc1C(=O)N1CCN(S(=O)(=O)c2ccccc2)CC1. The van der Waals surface area contributed by atoms with Crippen LogP contribution in [0.1, 0.15) is 24.2 Å². The summed E-state index contributed by atoms with van der Waals surface area (Å²) in [5.41, 5.74) is 0.788. The number of carbonyl (C=O) groups excluding carboxylic acids is 2. The molecule has 0 saturated carbocycles. The van der Waals surface area contributed by atoms with E-state index in [4.69, 9.17) is 0 Å². The number of urea groups is 1. The van der Waals surface area contributed by atoms with Crippen LogP contribution in [-0.2, 0) is 10.0 Å². The Labute approximate surface area is 176 Å². The first kappa shape index (κ1) is 21.8. The van der Waals surface area contributed by atoms with Gasteiger partial charge in [0.05, 0.1) is 16.1 Å². The van der Waals surface area contributed by atoms with E-state index in [2.05, 4.69) is 10.6 Å². The normalized spacial score (nSPS) is 15.1. The standard InChI is InChI=1S/C21H26N4O4S/c1-16(2)22-21(27)23-19-11-7-6-10-18(19)20(26)24-12-14-25(15-13-24)30(28,29)17-8-4-3-5-9-17/h3-11,16H,12-15H2,1-2H3,(H2,22,23,27). The molecule has 0 bridgehead atoms. The summed E-state index contributed by atoms with van der Waals surface area (Å²) in [7, 11) is -3.58. The first-order chi connectivity index (χ1) is 14.3. The van der Waals surface area contributed by atoms with Crippen molar-refractivity contribution >= 4 is 27.6 Å². The molecule has 1 saturated heterocycles. The Morgan fingerprint density at radius 3 is 2.13 bits per heavy atom. The number of benzene rings is 2. The van der Waals surface area contributed by atoms with Crippen LogP contribution in [-0.4, -0.2) is 61.8 Å². The topological polar surface area (TPSA) is 98.8 Å². The number of para-hydroxylation sites is 1. The summed E-state index contributed by atoms with van der Waals surface area (Å²) in [6, 6.07) is 14.6. The van der Waals surface area contributed by atoms with Gasteiger partial charge in [0.25, 0.3) is 5.91 Å². The maximum Gasteiger partial charge on any atom is 0.319 e. The van der Waals surface area contributed by atoms with E-state index in [1.807, 2.05) is 13.8 Å². The lowest BCUT2D eigenvalue weighted by molar-refractivity contribution is 0.0699. The van der Waals surface area contributed by atoms with Crippen molar-refractivity contribution in [3.8, 4) is 0 Å². The molecule has 0 aromatic heterocycles. The molecule has 0 aliphatic carbocycles. The average Bonchev–Trinajstić information content (AvgIpc) is 2.74. The van der Waals surface area contributed by atoms with Gasteiger partial charge >= 0.3 is 6.03 Å². The second kappa shape index (κ2) is 9.27. The Bertz CT molecular complexity index is 1000. The van der Waals surface area contributed by atoms with Crippen LogP contribution < -0.4 is 10.6 Å². The van der Waals surface area contributed by atoms with Crippen molar-refractivity contribution in [2.75, 3.05) is 31.5 Å². The zero-order valence-corrected chi connectivity index (χ0v) is 17.9. The molecular formula is C21H26N4O4S. The van der Waals surface area contributed by atoms with Crippen molar-refractivity contribution in [2.24, 2.45) is 0 Å². The molecule has 2 aromatic carbocycles. The van der Waals surface area contributed by atoms with Gasteiger partial charge in [0.1, 0.15) is 0 Å². The van der Waals surface area contributed by atoms with Gasteiger partial charge in [0.2, 0.25) is 10.0 Å². The quantitative estimate of drug-likeness (QED) is 0.761. The number of nitrogens with zero attached hydrogens (tertiary/aromatic N) is 2. The van der Waals surface area contributed by atoms with E-state index in [-0.39, 0.29) is 49.1 Å². The van der Waals surface area contributed by atoms with Crippen LogP contribution in [0.3, 0.4) is 0 Å². The summed E-state index contributed by atoms with van der Waals surface area (Å²) in [6.45, 7) is 4.67. The number of anilines is 1. The van der Waals surface area contributed by atoms with E-state index < -0.39 is 10.0 Å². The van der Waals surface area contributed by atoms with E-state index in [0.717, 1.165) is 0 Å². The van der Waals surface area contributed by atoms with Gasteiger partial charge < -0.3 is 15.5 Å². The van der Waals surface area contributed by atoms with Crippen LogP contribution in [0.25, 0.3) is 0 Å². The first-order valence-electron chi connectivity index (χ1n) is 9.80. The van der Waals surface area contributed by atoms with Crippen LogP contribution in [0.15, 0.2) is 59.5 Å². The predicted octanol–water partition coefficient (Wildman–Crippen LogP) is 2.36. The zero-order valence-electron chi connectivity index (χ0n) is 17.0. The molecule has 1 heterocycles. The molecule has 9 heteroatoms. The van der Waals surface area contributed by atoms with Crippen LogP contribution in [0.4, 0.5) is 10.5 Å². The maximum absolute atomic E-state index is 13.0. The third kappa shape index (κ3) is 4.98. The molecule has 30 heavy (non-hydrogen) atoms. The molecule has 2 aromatic rings. The third-order valence-corrected chi connectivity index (χ3v) is 6.65. The molecule has 1 fully saturated rings. The lowest BCUT2D eigenvalue weighted by Gasteiger charge is -2.34. The van der Waals surface area contributed by atoms with Gasteiger partial charge in [0, 0.05) is 32.2 Å². The van der Waals surface area contributed by atoms with Gasteiger partial charge in [-0.3, -0.25) is 4.79 Å². The molecule has 0 radical (unpaired) electrons. The van der Waals surface area contributed by atoms with E-state index in [1.165, 1.54) is 4.31 Å². The molecule has 3 rings (SSSR count). The van der Waals surface area contributed by atoms with Crippen molar-refractivity contribution in [1.82, 2.24) is 14.5 Å². The van der Waals surface area contributed by atoms with Gasteiger partial charge in [-0.15, -0.1) is 0 Å². The first-order valence-corrected chi connectivity index (χ1v) is 11.2. The van der Waals surface area contributed by atoms with Gasteiger partial charge in [0.15, 0.2) is 0 Å². The third-order valence-electron chi connectivity index (χ3n) is 4.73. The highest BCUT2D eigenvalue weighted by atomic mass is 32.2. The number of carbonyl (C=O) groups is 2. The summed E-state index contributed by atoms with van der Waals surface area (Å²) in [4.78, 5) is 26.9. The monoisotopic (exact) mass is 430 g/mol. The van der Waals surface area contributed by atoms with Crippen LogP contribution in [0, 0.1) is 0 Å². The summed E-state index contributed by atoms with van der Waals surface area (Å²) >= 11 is 0. The fraction of sp³-hybridized carbons (Fsp3) is 0.333. The number of rotatable bonds is 5. The number of sulfonamides is 1. The summed E-state index contributed by atoms with van der Waals surface area (Å²) in [5.74, 6) is -0.243. The lowest BCUT2D eigenvalue weighted by atomic mass is 10.1. The maximum atomic E-state index is 13.0. The van der Waals surface area contributed by atoms with Crippen molar-refractivity contribution in [3.63, 3.8) is 0 Å². The average molecular weight is 431 g/mol. The molecule has 0 atom stereocenters.